The third kappa shape index (κ3) is 2.95. The van der Waals surface area contributed by atoms with Crippen LogP contribution < -0.4 is 5.32 Å². The van der Waals surface area contributed by atoms with E-state index in [1.165, 1.54) is 0 Å². The molecule has 80 valence electrons. The van der Waals surface area contributed by atoms with E-state index in [1.54, 1.807) is 6.07 Å². The van der Waals surface area contributed by atoms with Gasteiger partial charge in [0.2, 0.25) is 0 Å². The highest BCUT2D eigenvalue weighted by Gasteiger charge is 2.17. The predicted octanol–water partition coefficient (Wildman–Crippen LogP) is 2.86. The number of hydrogen-bond acceptors (Lipinski definition) is 3. The maximum atomic E-state index is 8.95. The number of pyridine rings is 1. The van der Waals surface area contributed by atoms with Gasteiger partial charge < -0.3 is 5.32 Å². The molecular weight excluding hydrogens is 186 g/mol. The largest absolute Gasteiger partial charge is 0.364 e. The first-order chi connectivity index (χ1) is 6.98. The lowest BCUT2D eigenvalue weighted by atomic mass is 10.0. The van der Waals surface area contributed by atoms with Crippen molar-refractivity contribution in [2.75, 3.05) is 5.32 Å². The molecule has 3 heteroatoms. The third-order valence-electron chi connectivity index (χ3n) is 2.50. The standard InChI is InChI=1S/C12H17N3/c1-5-12(3,4)15-11-10(8-13)7-6-9(2)14-11/h6-7H,5H2,1-4H3,(H,14,15). The molecule has 1 aromatic rings. The van der Waals surface area contributed by atoms with E-state index in [4.69, 9.17) is 5.26 Å². The van der Waals surface area contributed by atoms with Gasteiger partial charge in [-0.25, -0.2) is 4.98 Å². The molecule has 1 rings (SSSR count). The molecule has 0 unspecified atom stereocenters. The van der Waals surface area contributed by atoms with E-state index in [1.807, 2.05) is 13.0 Å². The Bertz CT molecular complexity index is 388. The average Bonchev–Trinajstić information content (AvgIpc) is 2.18. The number of aromatic nitrogens is 1. The summed E-state index contributed by atoms with van der Waals surface area (Å²) in [5.74, 6) is 0.685. The lowest BCUT2D eigenvalue weighted by molar-refractivity contribution is 0.544. The summed E-state index contributed by atoms with van der Waals surface area (Å²) in [6.07, 6.45) is 0.980. The molecule has 0 amide bonds. The topological polar surface area (TPSA) is 48.7 Å². The number of rotatable bonds is 3. The fourth-order valence-corrected chi connectivity index (χ4v) is 1.15. The van der Waals surface area contributed by atoms with E-state index in [9.17, 15) is 0 Å². The van der Waals surface area contributed by atoms with Crippen molar-refractivity contribution < 1.29 is 0 Å². The van der Waals surface area contributed by atoms with Crippen LogP contribution in [0.25, 0.3) is 0 Å². The second-order valence-electron chi connectivity index (χ2n) is 4.32. The Balaban J connectivity index is 3.04. The molecule has 3 nitrogen and oxygen atoms in total. The minimum atomic E-state index is -0.0353. The number of aryl methyl sites for hydroxylation is 1. The third-order valence-corrected chi connectivity index (χ3v) is 2.50. The van der Waals surface area contributed by atoms with Crippen LogP contribution in [0.3, 0.4) is 0 Å². The number of nitrogens with zero attached hydrogens (tertiary/aromatic N) is 2. The number of nitriles is 1. The molecule has 0 bridgehead atoms. The van der Waals surface area contributed by atoms with Crippen LogP contribution in [-0.2, 0) is 0 Å². The van der Waals surface area contributed by atoms with E-state index >= 15 is 0 Å². The van der Waals surface area contributed by atoms with Gasteiger partial charge in [-0.2, -0.15) is 5.26 Å². The van der Waals surface area contributed by atoms with Crippen molar-refractivity contribution in [1.29, 1.82) is 5.26 Å². The van der Waals surface area contributed by atoms with Crippen LogP contribution in [0.1, 0.15) is 38.4 Å². The van der Waals surface area contributed by atoms with Gasteiger partial charge in [-0.3, -0.25) is 0 Å². The van der Waals surface area contributed by atoms with Crippen LogP contribution in [0, 0.1) is 18.3 Å². The quantitative estimate of drug-likeness (QED) is 0.821. The van der Waals surface area contributed by atoms with Gasteiger partial charge in [0.25, 0.3) is 0 Å². The smallest absolute Gasteiger partial charge is 0.144 e. The van der Waals surface area contributed by atoms with Crippen LogP contribution >= 0.6 is 0 Å². The number of nitrogens with one attached hydrogen (secondary N) is 1. The molecular formula is C12H17N3. The zero-order chi connectivity index (χ0) is 11.5. The van der Waals surface area contributed by atoms with Crippen LogP contribution in [-0.4, -0.2) is 10.5 Å². The lowest BCUT2D eigenvalue weighted by Gasteiger charge is -2.25. The minimum absolute atomic E-state index is 0.0353. The Morgan fingerprint density at radius 3 is 2.67 bits per heavy atom. The summed E-state index contributed by atoms with van der Waals surface area (Å²) >= 11 is 0. The molecule has 0 aliphatic rings. The van der Waals surface area contributed by atoms with Gasteiger partial charge in [-0.15, -0.1) is 0 Å². The van der Waals surface area contributed by atoms with Crippen molar-refractivity contribution in [1.82, 2.24) is 4.98 Å². The highest BCUT2D eigenvalue weighted by molar-refractivity contribution is 5.53. The zero-order valence-corrected chi connectivity index (χ0v) is 9.76. The van der Waals surface area contributed by atoms with Gasteiger partial charge in [-0.05, 0) is 39.3 Å². The number of hydrogen-bond donors (Lipinski definition) is 1. The molecule has 0 fully saturated rings. The summed E-state index contributed by atoms with van der Waals surface area (Å²) < 4.78 is 0. The highest BCUT2D eigenvalue weighted by atomic mass is 15.0. The van der Waals surface area contributed by atoms with Gasteiger partial charge >= 0.3 is 0 Å². The van der Waals surface area contributed by atoms with E-state index in [0.717, 1.165) is 12.1 Å². The van der Waals surface area contributed by atoms with Crippen molar-refractivity contribution in [3.8, 4) is 6.07 Å². The predicted molar refractivity (Wildman–Crippen MR) is 61.7 cm³/mol. The van der Waals surface area contributed by atoms with E-state index in [0.29, 0.717) is 11.4 Å². The van der Waals surface area contributed by atoms with Crippen molar-refractivity contribution in [3.05, 3.63) is 23.4 Å². The van der Waals surface area contributed by atoms with Crippen molar-refractivity contribution in [3.63, 3.8) is 0 Å². The van der Waals surface area contributed by atoms with Gasteiger partial charge in [0.05, 0.1) is 5.56 Å². The van der Waals surface area contributed by atoms with Crippen molar-refractivity contribution in [2.24, 2.45) is 0 Å². The molecule has 0 saturated carbocycles. The highest BCUT2D eigenvalue weighted by Crippen LogP contribution is 2.19. The van der Waals surface area contributed by atoms with Crippen LogP contribution in [0.4, 0.5) is 5.82 Å². The molecule has 0 saturated heterocycles. The molecule has 0 aliphatic carbocycles. The second-order valence-corrected chi connectivity index (χ2v) is 4.32. The molecule has 1 aromatic heterocycles. The van der Waals surface area contributed by atoms with Crippen molar-refractivity contribution >= 4 is 5.82 Å². The summed E-state index contributed by atoms with van der Waals surface area (Å²) in [6, 6.07) is 5.80. The Morgan fingerprint density at radius 2 is 2.13 bits per heavy atom. The Kier molecular flexibility index (Phi) is 3.31. The number of anilines is 1. The minimum Gasteiger partial charge on any atom is -0.364 e. The van der Waals surface area contributed by atoms with Gasteiger partial charge in [-0.1, -0.05) is 6.92 Å². The first kappa shape index (κ1) is 11.5. The van der Waals surface area contributed by atoms with Gasteiger partial charge in [0.15, 0.2) is 0 Å². The summed E-state index contributed by atoms with van der Waals surface area (Å²) in [5.41, 5.74) is 1.48. The molecule has 1 heterocycles. The lowest BCUT2D eigenvalue weighted by Crippen LogP contribution is -2.30. The summed E-state index contributed by atoms with van der Waals surface area (Å²) in [7, 11) is 0. The van der Waals surface area contributed by atoms with Crippen molar-refractivity contribution in [2.45, 2.75) is 39.7 Å². The summed E-state index contributed by atoms with van der Waals surface area (Å²) in [4.78, 5) is 4.34. The van der Waals surface area contributed by atoms with Crippen LogP contribution in [0.5, 0.6) is 0 Å². The SMILES string of the molecule is CCC(C)(C)Nc1nc(C)ccc1C#N. The van der Waals surface area contributed by atoms with Gasteiger partial charge in [0.1, 0.15) is 11.9 Å². The fourth-order valence-electron chi connectivity index (χ4n) is 1.15. The van der Waals surface area contributed by atoms with E-state index in [-0.39, 0.29) is 5.54 Å². The summed E-state index contributed by atoms with van der Waals surface area (Å²) in [5, 5.41) is 12.2. The molecule has 15 heavy (non-hydrogen) atoms. The molecule has 0 aliphatic heterocycles. The monoisotopic (exact) mass is 203 g/mol. The van der Waals surface area contributed by atoms with Gasteiger partial charge in [0, 0.05) is 11.2 Å². The molecule has 1 N–H and O–H groups in total. The van der Waals surface area contributed by atoms with E-state index in [2.05, 4.69) is 37.1 Å². The van der Waals surface area contributed by atoms with E-state index < -0.39 is 0 Å². The first-order valence-corrected chi connectivity index (χ1v) is 5.14. The Morgan fingerprint density at radius 1 is 1.47 bits per heavy atom. The normalized spacial score (nSPS) is 10.9. The van der Waals surface area contributed by atoms with Crippen LogP contribution in [0.2, 0.25) is 0 Å². The zero-order valence-electron chi connectivity index (χ0n) is 9.76. The fraction of sp³-hybridized carbons (Fsp3) is 0.500. The first-order valence-electron chi connectivity index (χ1n) is 5.14. The van der Waals surface area contributed by atoms with Crippen LogP contribution in [0.15, 0.2) is 12.1 Å². The maximum Gasteiger partial charge on any atom is 0.144 e. The second kappa shape index (κ2) is 4.31. The Hall–Kier alpha value is -1.56. The average molecular weight is 203 g/mol. The molecule has 0 radical (unpaired) electrons. The molecule has 0 spiro atoms. The summed E-state index contributed by atoms with van der Waals surface area (Å²) in [6.45, 7) is 8.22. The molecule has 0 atom stereocenters. The Labute approximate surface area is 91.1 Å². The molecule has 0 aromatic carbocycles. The maximum absolute atomic E-state index is 8.95.